The summed E-state index contributed by atoms with van der Waals surface area (Å²) in [6, 6.07) is 3.29. The number of imidazole rings is 1. The molecule has 0 atom stereocenters. The monoisotopic (exact) mass is 315 g/mol. The Bertz CT molecular complexity index is 689. The number of nitrogens with zero attached hydrogens (tertiary/aromatic N) is 4. The fraction of sp³-hybridized carbons (Fsp3) is 0.375. The van der Waals surface area contributed by atoms with E-state index in [1.165, 1.54) is 4.90 Å². The molecular formula is C16H21N5O2. The molecule has 0 aliphatic carbocycles. The van der Waals surface area contributed by atoms with Gasteiger partial charge < -0.3 is 10.2 Å². The summed E-state index contributed by atoms with van der Waals surface area (Å²) in [6.45, 7) is 5.69. The Morgan fingerprint density at radius 2 is 2.04 bits per heavy atom. The van der Waals surface area contributed by atoms with Gasteiger partial charge in [0.25, 0.3) is 5.91 Å². The maximum atomic E-state index is 12.5. The van der Waals surface area contributed by atoms with E-state index < -0.39 is 0 Å². The van der Waals surface area contributed by atoms with E-state index in [1.807, 2.05) is 20.8 Å². The van der Waals surface area contributed by atoms with Crippen LogP contribution < -0.4 is 5.32 Å². The van der Waals surface area contributed by atoms with Gasteiger partial charge in [0.05, 0.1) is 6.54 Å². The zero-order valence-electron chi connectivity index (χ0n) is 13.8. The van der Waals surface area contributed by atoms with Crippen LogP contribution in [0.25, 0.3) is 5.82 Å². The van der Waals surface area contributed by atoms with E-state index in [9.17, 15) is 9.59 Å². The molecule has 0 bridgehead atoms. The van der Waals surface area contributed by atoms with Crippen LogP contribution in [0.1, 0.15) is 31.1 Å². The van der Waals surface area contributed by atoms with Crippen molar-refractivity contribution in [2.75, 3.05) is 13.6 Å². The molecule has 0 spiro atoms. The second-order valence-corrected chi connectivity index (χ2v) is 6.33. The minimum atomic E-state index is -0.327. The standard InChI is InChI=1S/C16H21N5O2/c1-16(2,3)19-14(22)10-20(4)15(23)12-5-6-18-13(9-12)21-8-7-17-11-21/h5-9,11H,10H2,1-4H3,(H,19,22). The highest BCUT2D eigenvalue weighted by molar-refractivity contribution is 5.96. The molecule has 0 fully saturated rings. The molecule has 1 N–H and O–H groups in total. The lowest BCUT2D eigenvalue weighted by molar-refractivity contribution is -0.122. The molecular weight excluding hydrogens is 294 g/mol. The van der Waals surface area contributed by atoms with Crippen molar-refractivity contribution in [3.05, 3.63) is 42.6 Å². The van der Waals surface area contributed by atoms with Gasteiger partial charge >= 0.3 is 0 Å². The number of aromatic nitrogens is 3. The predicted octanol–water partition coefficient (Wildman–Crippen LogP) is 1.25. The number of rotatable bonds is 4. The van der Waals surface area contributed by atoms with Crippen LogP contribution in [0.2, 0.25) is 0 Å². The summed E-state index contributed by atoms with van der Waals surface area (Å²) in [6.07, 6.45) is 6.55. The van der Waals surface area contributed by atoms with Crippen LogP contribution in [0.15, 0.2) is 37.1 Å². The number of pyridine rings is 1. The van der Waals surface area contributed by atoms with Gasteiger partial charge in [0.1, 0.15) is 12.1 Å². The van der Waals surface area contributed by atoms with Gasteiger partial charge in [0.15, 0.2) is 0 Å². The highest BCUT2D eigenvalue weighted by atomic mass is 16.2. The number of carbonyl (C=O) groups excluding carboxylic acids is 2. The van der Waals surface area contributed by atoms with Gasteiger partial charge in [-0.3, -0.25) is 14.2 Å². The van der Waals surface area contributed by atoms with E-state index in [2.05, 4.69) is 15.3 Å². The van der Waals surface area contributed by atoms with Crippen molar-refractivity contribution in [2.24, 2.45) is 0 Å². The lowest BCUT2D eigenvalue weighted by Gasteiger charge is -2.23. The Labute approximate surface area is 135 Å². The SMILES string of the molecule is CN(CC(=O)NC(C)(C)C)C(=O)c1ccnc(-n2ccnc2)c1. The van der Waals surface area contributed by atoms with E-state index in [4.69, 9.17) is 0 Å². The van der Waals surface area contributed by atoms with E-state index in [1.54, 1.807) is 48.7 Å². The average molecular weight is 315 g/mol. The number of carbonyl (C=O) groups is 2. The Kier molecular flexibility index (Phi) is 4.78. The third-order valence-corrected chi connectivity index (χ3v) is 3.00. The number of nitrogens with one attached hydrogen (secondary N) is 1. The highest BCUT2D eigenvalue weighted by Crippen LogP contribution is 2.09. The summed E-state index contributed by atoms with van der Waals surface area (Å²) in [4.78, 5) is 33.9. The zero-order chi connectivity index (χ0) is 17.0. The zero-order valence-corrected chi connectivity index (χ0v) is 13.8. The first kappa shape index (κ1) is 16.7. The van der Waals surface area contributed by atoms with Gasteiger partial charge in [-0.2, -0.15) is 0 Å². The molecule has 2 amide bonds. The average Bonchev–Trinajstić information content (AvgIpc) is 2.98. The summed E-state index contributed by atoms with van der Waals surface area (Å²) in [5.74, 6) is 0.163. The minimum Gasteiger partial charge on any atom is -0.350 e. The third-order valence-electron chi connectivity index (χ3n) is 3.00. The van der Waals surface area contributed by atoms with Crippen molar-refractivity contribution in [1.29, 1.82) is 0 Å². The Balaban J connectivity index is 2.08. The van der Waals surface area contributed by atoms with Crippen molar-refractivity contribution in [3.8, 4) is 5.82 Å². The molecule has 23 heavy (non-hydrogen) atoms. The number of hydrogen-bond acceptors (Lipinski definition) is 4. The van der Waals surface area contributed by atoms with E-state index >= 15 is 0 Å². The van der Waals surface area contributed by atoms with Crippen molar-refractivity contribution in [2.45, 2.75) is 26.3 Å². The van der Waals surface area contributed by atoms with Crippen molar-refractivity contribution >= 4 is 11.8 Å². The van der Waals surface area contributed by atoms with Crippen LogP contribution in [-0.4, -0.2) is 50.4 Å². The molecule has 0 aliphatic rings. The van der Waals surface area contributed by atoms with Crippen LogP contribution in [0.5, 0.6) is 0 Å². The maximum Gasteiger partial charge on any atom is 0.254 e. The van der Waals surface area contributed by atoms with Crippen molar-refractivity contribution in [1.82, 2.24) is 24.8 Å². The van der Waals surface area contributed by atoms with Crippen LogP contribution in [-0.2, 0) is 4.79 Å². The summed E-state index contributed by atoms with van der Waals surface area (Å²) in [5.41, 5.74) is 0.140. The molecule has 7 nitrogen and oxygen atoms in total. The molecule has 0 saturated carbocycles. The Morgan fingerprint density at radius 1 is 1.30 bits per heavy atom. The Hall–Kier alpha value is -2.70. The summed E-state index contributed by atoms with van der Waals surface area (Å²) in [7, 11) is 1.60. The largest absolute Gasteiger partial charge is 0.350 e. The summed E-state index contributed by atoms with van der Waals surface area (Å²) >= 11 is 0. The van der Waals surface area contributed by atoms with Crippen LogP contribution >= 0.6 is 0 Å². The smallest absolute Gasteiger partial charge is 0.254 e. The minimum absolute atomic E-state index is 0.00116. The third kappa shape index (κ3) is 4.64. The predicted molar refractivity (Wildman–Crippen MR) is 86.2 cm³/mol. The molecule has 2 aromatic heterocycles. The number of amides is 2. The van der Waals surface area contributed by atoms with Gasteiger partial charge in [-0.15, -0.1) is 0 Å². The number of likely N-dealkylation sites (N-methyl/N-ethyl adjacent to an activating group) is 1. The van der Waals surface area contributed by atoms with E-state index in [0.29, 0.717) is 11.4 Å². The van der Waals surface area contributed by atoms with Gasteiger partial charge in [0, 0.05) is 36.7 Å². The second kappa shape index (κ2) is 6.60. The first-order chi connectivity index (χ1) is 10.8. The first-order valence-corrected chi connectivity index (χ1v) is 7.27. The second-order valence-electron chi connectivity index (χ2n) is 6.33. The molecule has 0 aromatic carbocycles. The maximum absolute atomic E-state index is 12.5. The van der Waals surface area contributed by atoms with Crippen molar-refractivity contribution in [3.63, 3.8) is 0 Å². The van der Waals surface area contributed by atoms with Gasteiger partial charge in [-0.25, -0.2) is 9.97 Å². The fourth-order valence-electron chi connectivity index (χ4n) is 2.05. The van der Waals surface area contributed by atoms with Gasteiger partial charge in [0.2, 0.25) is 5.91 Å². The topological polar surface area (TPSA) is 80.1 Å². The van der Waals surface area contributed by atoms with Gasteiger partial charge in [-0.05, 0) is 32.9 Å². The summed E-state index contributed by atoms with van der Waals surface area (Å²) in [5, 5.41) is 2.83. The first-order valence-electron chi connectivity index (χ1n) is 7.27. The van der Waals surface area contributed by atoms with E-state index in [0.717, 1.165) is 0 Å². The molecule has 7 heteroatoms. The molecule has 0 unspecified atom stereocenters. The quantitative estimate of drug-likeness (QED) is 0.921. The van der Waals surface area contributed by atoms with Gasteiger partial charge in [-0.1, -0.05) is 0 Å². The van der Waals surface area contributed by atoms with Crippen molar-refractivity contribution < 1.29 is 9.59 Å². The molecule has 2 rings (SSSR count). The molecule has 0 saturated heterocycles. The van der Waals surface area contributed by atoms with E-state index in [-0.39, 0.29) is 23.9 Å². The normalized spacial score (nSPS) is 11.1. The molecule has 0 aliphatic heterocycles. The highest BCUT2D eigenvalue weighted by Gasteiger charge is 2.19. The lowest BCUT2D eigenvalue weighted by Crippen LogP contribution is -2.46. The molecule has 2 aromatic rings. The van der Waals surface area contributed by atoms with Crippen LogP contribution in [0, 0.1) is 0 Å². The van der Waals surface area contributed by atoms with Crippen LogP contribution in [0.3, 0.4) is 0 Å². The molecule has 0 radical (unpaired) electrons. The molecule has 122 valence electrons. The summed E-state index contributed by atoms with van der Waals surface area (Å²) < 4.78 is 1.71. The fourth-order valence-corrected chi connectivity index (χ4v) is 2.05. The number of hydrogen-bond donors (Lipinski definition) is 1. The lowest BCUT2D eigenvalue weighted by atomic mass is 10.1. The molecule has 2 heterocycles. The van der Waals surface area contributed by atoms with Crippen LogP contribution in [0.4, 0.5) is 0 Å². The Morgan fingerprint density at radius 3 is 2.65 bits per heavy atom.